The lowest BCUT2D eigenvalue weighted by molar-refractivity contribution is -0.145. The number of aromatic nitrogens is 1. The zero-order chi connectivity index (χ0) is 16.8. The molecule has 0 amide bonds. The molecule has 0 fully saturated rings. The first-order valence-corrected chi connectivity index (χ1v) is 8.10. The van der Waals surface area contributed by atoms with Gasteiger partial charge in [-0.2, -0.15) is 0 Å². The van der Waals surface area contributed by atoms with Gasteiger partial charge in [-0.25, -0.2) is 0 Å². The lowest BCUT2D eigenvalue weighted by Crippen LogP contribution is -2.05. The molecule has 0 saturated heterocycles. The first kappa shape index (κ1) is 16.1. The molecule has 0 aliphatic rings. The standard InChI is InChI=1S/C20H21NO3/c1-23-17-8-4-6-15(12-17)14-24-20(22)11-5-7-16-13-21-19-10-3-2-9-18(16)19/h2-4,6,8-10,12-13,21H,5,7,11,14H2,1H3. The zero-order valence-electron chi connectivity index (χ0n) is 13.7. The van der Waals surface area contributed by atoms with Gasteiger partial charge in [-0.3, -0.25) is 4.79 Å². The third-order valence-electron chi connectivity index (χ3n) is 4.04. The van der Waals surface area contributed by atoms with E-state index in [0.29, 0.717) is 6.42 Å². The van der Waals surface area contributed by atoms with Crippen LogP contribution in [0, 0.1) is 0 Å². The summed E-state index contributed by atoms with van der Waals surface area (Å²) in [6.45, 7) is 0.281. The fraction of sp³-hybridized carbons (Fsp3) is 0.250. The Bertz CT molecular complexity index is 822. The van der Waals surface area contributed by atoms with Crippen LogP contribution in [0.5, 0.6) is 5.75 Å². The van der Waals surface area contributed by atoms with Crippen LogP contribution in [0.15, 0.2) is 54.7 Å². The molecule has 0 aliphatic heterocycles. The molecule has 0 saturated carbocycles. The molecule has 1 aromatic heterocycles. The van der Waals surface area contributed by atoms with Crippen molar-refractivity contribution < 1.29 is 14.3 Å². The third kappa shape index (κ3) is 3.96. The van der Waals surface area contributed by atoms with E-state index < -0.39 is 0 Å². The Labute approximate surface area is 141 Å². The van der Waals surface area contributed by atoms with Crippen LogP contribution in [0.2, 0.25) is 0 Å². The van der Waals surface area contributed by atoms with Gasteiger partial charge in [-0.15, -0.1) is 0 Å². The average Bonchev–Trinajstić information content (AvgIpc) is 3.03. The largest absolute Gasteiger partial charge is 0.497 e. The van der Waals surface area contributed by atoms with Crippen molar-refractivity contribution in [1.82, 2.24) is 4.98 Å². The van der Waals surface area contributed by atoms with Crippen LogP contribution in [-0.2, 0) is 22.6 Å². The normalized spacial score (nSPS) is 10.7. The van der Waals surface area contributed by atoms with Crippen LogP contribution < -0.4 is 4.74 Å². The summed E-state index contributed by atoms with van der Waals surface area (Å²) >= 11 is 0. The van der Waals surface area contributed by atoms with Gasteiger partial charge in [0.15, 0.2) is 0 Å². The van der Waals surface area contributed by atoms with Crippen LogP contribution in [0.25, 0.3) is 10.9 Å². The lowest BCUT2D eigenvalue weighted by atomic mass is 10.1. The van der Waals surface area contributed by atoms with Crippen LogP contribution in [0.1, 0.15) is 24.0 Å². The number of rotatable bonds is 7. The Kier molecular flexibility index (Phi) is 5.16. The molecule has 24 heavy (non-hydrogen) atoms. The maximum atomic E-state index is 11.9. The average molecular weight is 323 g/mol. The van der Waals surface area contributed by atoms with Crippen molar-refractivity contribution in [2.75, 3.05) is 7.11 Å². The Morgan fingerprint density at radius 1 is 1.12 bits per heavy atom. The number of ether oxygens (including phenoxy) is 2. The van der Waals surface area contributed by atoms with E-state index in [1.54, 1.807) is 7.11 Å². The van der Waals surface area contributed by atoms with Gasteiger partial charge < -0.3 is 14.5 Å². The number of aryl methyl sites for hydroxylation is 1. The van der Waals surface area contributed by atoms with E-state index in [1.807, 2.05) is 42.6 Å². The SMILES string of the molecule is COc1cccc(COC(=O)CCCc2c[nH]c3ccccc23)c1. The number of benzene rings is 2. The van der Waals surface area contributed by atoms with Crippen LogP contribution in [0.3, 0.4) is 0 Å². The molecule has 3 rings (SSSR count). The van der Waals surface area contributed by atoms with E-state index in [1.165, 1.54) is 10.9 Å². The van der Waals surface area contributed by atoms with Crippen molar-refractivity contribution in [3.05, 3.63) is 65.9 Å². The fourth-order valence-corrected chi connectivity index (χ4v) is 2.76. The smallest absolute Gasteiger partial charge is 0.306 e. The summed E-state index contributed by atoms with van der Waals surface area (Å²) in [6.07, 6.45) is 4.08. The van der Waals surface area contributed by atoms with Gasteiger partial charge in [-0.1, -0.05) is 30.3 Å². The monoisotopic (exact) mass is 323 g/mol. The van der Waals surface area contributed by atoms with Crippen molar-refractivity contribution in [1.29, 1.82) is 0 Å². The second-order valence-electron chi connectivity index (χ2n) is 5.73. The molecule has 0 aliphatic carbocycles. The Hall–Kier alpha value is -2.75. The number of hydrogen-bond donors (Lipinski definition) is 1. The van der Waals surface area contributed by atoms with E-state index in [-0.39, 0.29) is 12.6 Å². The van der Waals surface area contributed by atoms with Crippen molar-refractivity contribution in [2.45, 2.75) is 25.9 Å². The molecule has 4 nitrogen and oxygen atoms in total. The molecule has 0 atom stereocenters. The minimum absolute atomic E-state index is 0.169. The van der Waals surface area contributed by atoms with Gasteiger partial charge in [0, 0.05) is 23.5 Å². The highest BCUT2D eigenvalue weighted by Crippen LogP contribution is 2.19. The van der Waals surface area contributed by atoms with Crippen molar-refractivity contribution in [3.8, 4) is 5.75 Å². The predicted molar refractivity (Wildman–Crippen MR) is 94.0 cm³/mol. The second-order valence-corrected chi connectivity index (χ2v) is 5.73. The quantitative estimate of drug-likeness (QED) is 0.662. The van der Waals surface area contributed by atoms with Gasteiger partial charge in [0.1, 0.15) is 12.4 Å². The molecule has 0 spiro atoms. The second kappa shape index (κ2) is 7.68. The number of aromatic amines is 1. The molecule has 0 bridgehead atoms. The summed E-state index contributed by atoms with van der Waals surface area (Å²) in [6, 6.07) is 15.7. The third-order valence-corrected chi connectivity index (χ3v) is 4.04. The lowest BCUT2D eigenvalue weighted by Gasteiger charge is -2.06. The number of fused-ring (bicyclic) bond motifs is 1. The van der Waals surface area contributed by atoms with E-state index in [4.69, 9.17) is 9.47 Å². The van der Waals surface area contributed by atoms with Crippen LogP contribution in [-0.4, -0.2) is 18.1 Å². The minimum Gasteiger partial charge on any atom is -0.497 e. The molecule has 1 N–H and O–H groups in total. The van der Waals surface area contributed by atoms with Crippen LogP contribution in [0.4, 0.5) is 0 Å². The number of nitrogens with one attached hydrogen (secondary N) is 1. The maximum absolute atomic E-state index is 11.9. The summed E-state index contributed by atoms with van der Waals surface area (Å²) in [7, 11) is 1.62. The highest BCUT2D eigenvalue weighted by molar-refractivity contribution is 5.83. The fourth-order valence-electron chi connectivity index (χ4n) is 2.76. The van der Waals surface area contributed by atoms with Crippen molar-refractivity contribution >= 4 is 16.9 Å². The minimum atomic E-state index is -0.169. The summed E-state index contributed by atoms with van der Waals surface area (Å²) in [4.78, 5) is 15.2. The first-order chi connectivity index (χ1) is 11.8. The molecular weight excluding hydrogens is 302 g/mol. The number of methoxy groups -OCH3 is 1. The molecule has 1 heterocycles. The number of para-hydroxylation sites is 1. The summed E-state index contributed by atoms with van der Waals surface area (Å²) in [5.74, 6) is 0.598. The zero-order valence-corrected chi connectivity index (χ0v) is 13.7. The molecule has 0 radical (unpaired) electrons. The van der Waals surface area contributed by atoms with Crippen LogP contribution >= 0.6 is 0 Å². The molecule has 0 unspecified atom stereocenters. The van der Waals surface area contributed by atoms with Crippen molar-refractivity contribution in [2.24, 2.45) is 0 Å². The molecule has 2 aromatic carbocycles. The van der Waals surface area contributed by atoms with Crippen molar-refractivity contribution in [3.63, 3.8) is 0 Å². The highest BCUT2D eigenvalue weighted by Gasteiger charge is 2.07. The first-order valence-electron chi connectivity index (χ1n) is 8.10. The van der Waals surface area contributed by atoms with Gasteiger partial charge in [0.25, 0.3) is 0 Å². The molecule has 3 aromatic rings. The highest BCUT2D eigenvalue weighted by atomic mass is 16.5. The Balaban J connectivity index is 1.45. The molecule has 4 heteroatoms. The number of carbonyl (C=O) groups excluding carboxylic acids is 1. The van der Waals surface area contributed by atoms with Gasteiger partial charge in [0.2, 0.25) is 0 Å². The van der Waals surface area contributed by atoms with E-state index >= 15 is 0 Å². The molecule has 124 valence electrons. The molecular formula is C20H21NO3. The summed E-state index contributed by atoms with van der Waals surface area (Å²) in [5, 5.41) is 1.22. The topological polar surface area (TPSA) is 51.3 Å². The van der Waals surface area contributed by atoms with Gasteiger partial charge in [-0.05, 0) is 42.2 Å². The number of esters is 1. The Morgan fingerprint density at radius 3 is 2.88 bits per heavy atom. The summed E-state index contributed by atoms with van der Waals surface area (Å²) < 4.78 is 10.5. The number of carbonyl (C=O) groups is 1. The van der Waals surface area contributed by atoms with E-state index in [2.05, 4.69) is 17.1 Å². The number of hydrogen-bond acceptors (Lipinski definition) is 3. The maximum Gasteiger partial charge on any atom is 0.306 e. The number of H-pyrrole nitrogens is 1. The Morgan fingerprint density at radius 2 is 2.00 bits per heavy atom. The predicted octanol–water partition coefficient (Wildman–Crippen LogP) is 4.24. The van der Waals surface area contributed by atoms with E-state index in [9.17, 15) is 4.79 Å². The van der Waals surface area contributed by atoms with Gasteiger partial charge >= 0.3 is 5.97 Å². The summed E-state index contributed by atoms with van der Waals surface area (Å²) in [5.41, 5.74) is 3.30. The van der Waals surface area contributed by atoms with Gasteiger partial charge in [0.05, 0.1) is 7.11 Å². The van der Waals surface area contributed by atoms with E-state index in [0.717, 1.165) is 29.7 Å².